The summed E-state index contributed by atoms with van der Waals surface area (Å²) >= 11 is 1.66. The molecule has 1 aliphatic heterocycles. The zero-order valence-electron chi connectivity index (χ0n) is 17.8. The first-order chi connectivity index (χ1) is 16.6. The van der Waals surface area contributed by atoms with E-state index in [0.717, 1.165) is 32.3 Å². The summed E-state index contributed by atoms with van der Waals surface area (Å²) in [6.07, 6.45) is 1.70. The number of aromatic amines is 1. The number of amides is 2. The van der Waals surface area contributed by atoms with Gasteiger partial charge in [0.1, 0.15) is 0 Å². The lowest BCUT2D eigenvalue weighted by Crippen LogP contribution is -2.34. The molecular formula is C25H18N4O4S. The van der Waals surface area contributed by atoms with Crippen LogP contribution in [0.4, 0.5) is 5.69 Å². The Morgan fingerprint density at radius 3 is 2.76 bits per heavy atom. The molecule has 0 unspecified atom stereocenters. The van der Waals surface area contributed by atoms with Crippen molar-refractivity contribution in [2.75, 3.05) is 12.1 Å². The maximum absolute atomic E-state index is 12.6. The van der Waals surface area contributed by atoms with Gasteiger partial charge < -0.3 is 20.1 Å². The van der Waals surface area contributed by atoms with Crippen LogP contribution in [0.1, 0.15) is 5.56 Å². The first-order valence-electron chi connectivity index (χ1n) is 10.6. The fraction of sp³-hybridized carbons (Fsp3) is 0.0800. The molecule has 3 aromatic carbocycles. The van der Waals surface area contributed by atoms with Crippen molar-refractivity contribution >= 4 is 49.8 Å². The largest absolute Gasteiger partial charge is 0.454 e. The highest BCUT2D eigenvalue weighted by atomic mass is 32.1. The highest BCUT2D eigenvalue weighted by molar-refractivity contribution is 7.22. The monoisotopic (exact) mass is 470 g/mol. The Morgan fingerprint density at radius 1 is 0.971 bits per heavy atom. The summed E-state index contributed by atoms with van der Waals surface area (Å²) in [6, 6.07) is 19.3. The van der Waals surface area contributed by atoms with Crippen molar-refractivity contribution in [3.8, 4) is 21.9 Å². The van der Waals surface area contributed by atoms with Gasteiger partial charge in [-0.2, -0.15) is 5.10 Å². The number of ether oxygens (including phenoxy) is 2. The molecule has 6 rings (SSSR count). The van der Waals surface area contributed by atoms with E-state index in [9.17, 15) is 9.59 Å². The molecule has 0 atom stereocenters. The molecule has 1 aliphatic rings. The van der Waals surface area contributed by atoms with Crippen molar-refractivity contribution in [1.82, 2.24) is 15.5 Å². The number of nitrogens with zero attached hydrogens (tertiary/aromatic N) is 1. The predicted molar refractivity (Wildman–Crippen MR) is 130 cm³/mol. The van der Waals surface area contributed by atoms with Crippen LogP contribution in [-0.2, 0) is 16.1 Å². The summed E-state index contributed by atoms with van der Waals surface area (Å²) in [7, 11) is 0. The van der Waals surface area contributed by atoms with E-state index >= 15 is 0 Å². The number of thiophene rings is 1. The highest BCUT2D eigenvalue weighted by Gasteiger charge is 2.18. The van der Waals surface area contributed by atoms with Gasteiger partial charge in [0, 0.05) is 32.8 Å². The summed E-state index contributed by atoms with van der Waals surface area (Å²) in [5.74, 6) is -0.186. The number of hydrogen-bond donors (Lipinski definition) is 3. The summed E-state index contributed by atoms with van der Waals surface area (Å²) in [5.41, 5.74) is 3.10. The Hall–Kier alpha value is -4.37. The first-order valence-corrected chi connectivity index (χ1v) is 11.4. The van der Waals surface area contributed by atoms with Gasteiger partial charge in [0.2, 0.25) is 6.79 Å². The molecular weight excluding hydrogens is 452 g/mol. The molecule has 168 valence electrons. The Labute approximate surface area is 197 Å². The van der Waals surface area contributed by atoms with Crippen molar-refractivity contribution in [3.63, 3.8) is 0 Å². The number of carbonyl (C=O) groups is 2. The number of nitrogens with one attached hydrogen (secondary N) is 3. The summed E-state index contributed by atoms with van der Waals surface area (Å²) < 4.78 is 11.8. The molecule has 3 N–H and O–H groups in total. The van der Waals surface area contributed by atoms with E-state index in [0.29, 0.717) is 17.2 Å². The minimum atomic E-state index is -0.745. The molecule has 5 aromatic rings. The molecule has 34 heavy (non-hydrogen) atoms. The molecule has 9 heteroatoms. The third-order valence-corrected chi connectivity index (χ3v) is 6.74. The van der Waals surface area contributed by atoms with E-state index in [4.69, 9.17) is 9.47 Å². The number of rotatable bonds is 4. The number of anilines is 1. The lowest BCUT2D eigenvalue weighted by molar-refractivity contribution is -0.136. The van der Waals surface area contributed by atoms with Gasteiger partial charge in [-0.15, -0.1) is 11.3 Å². The van der Waals surface area contributed by atoms with Crippen molar-refractivity contribution in [3.05, 3.63) is 72.4 Å². The van der Waals surface area contributed by atoms with Crippen molar-refractivity contribution in [1.29, 1.82) is 0 Å². The average molecular weight is 471 g/mol. The number of benzene rings is 3. The van der Waals surface area contributed by atoms with Gasteiger partial charge in [-0.1, -0.05) is 24.3 Å². The number of fused-ring (bicyclic) bond motifs is 3. The number of hydrogen-bond acceptors (Lipinski definition) is 6. The van der Waals surface area contributed by atoms with Gasteiger partial charge in [0.25, 0.3) is 0 Å². The molecule has 0 aliphatic carbocycles. The topological polar surface area (TPSA) is 105 Å². The van der Waals surface area contributed by atoms with Gasteiger partial charge in [-0.3, -0.25) is 14.7 Å². The molecule has 2 aromatic heterocycles. The van der Waals surface area contributed by atoms with E-state index in [2.05, 4.69) is 39.0 Å². The second kappa shape index (κ2) is 8.20. The van der Waals surface area contributed by atoms with E-state index < -0.39 is 11.8 Å². The normalized spacial score (nSPS) is 12.2. The number of aromatic nitrogens is 2. The quantitative estimate of drug-likeness (QED) is 0.337. The Kier molecular flexibility index (Phi) is 4.88. The molecule has 3 heterocycles. The molecule has 0 radical (unpaired) electrons. The van der Waals surface area contributed by atoms with Gasteiger partial charge in [-0.05, 0) is 47.3 Å². The van der Waals surface area contributed by atoms with Crippen molar-refractivity contribution in [2.45, 2.75) is 6.54 Å². The van der Waals surface area contributed by atoms with E-state index in [-0.39, 0.29) is 13.3 Å². The molecule has 0 fully saturated rings. The van der Waals surface area contributed by atoms with Crippen LogP contribution in [0, 0.1) is 0 Å². The van der Waals surface area contributed by atoms with E-state index in [1.54, 1.807) is 35.7 Å². The second-order valence-corrected chi connectivity index (χ2v) is 8.91. The lowest BCUT2D eigenvalue weighted by atomic mass is 10.1. The maximum Gasteiger partial charge on any atom is 0.313 e. The average Bonchev–Trinajstić information content (AvgIpc) is 3.60. The molecule has 0 saturated heterocycles. The molecule has 8 nitrogen and oxygen atoms in total. The van der Waals surface area contributed by atoms with Crippen LogP contribution in [0.5, 0.6) is 11.5 Å². The maximum atomic E-state index is 12.6. The Balaban J connectivity index is 1.21. The number of carbonyl (C=O) groups excluding carboxylic acids is 2. The van der Waals surface area contributed by atoms with Crippen LogP contribution < -0.4 is 20.1 Å². The van der Waals surface area contributed by atoms with Crippen molar-refractivity contribution < 1.29 is 19.1 Å². The highest BCUT2D eigenvalue weighted by Crippen LogP contribution is 2.38. The van der Waals surface area contributed by atoms with Crippen LogP contribution >= 0.6 is 11.3 Å². The van der Waals surface area contributed by atoms with Gasteiger partial charge in [-0.25, -0.2) is 0 Å². The third kappa shape index (κ3) is 3.71. The van der Waals surface area contributed by atoms with Gasteiger partial charge >= 0.3 is 11.8 Å². The zero-order valence-corrected chi connectivity index (χ0v) is 18.6. The third-order valence-electron chi connectivity index (χ3n) is 5.59. The van der Waals surface area contributed by atoms with Crippen LogP contribution in [0.15, 0.2) is 66.9 Å². The van der Waals surface area contributed by atoms with Crippen LogP contribution in [0.25, 0.3) is 31.4 Å². The fourth-order valence-electron chi connectivity index (χ4n) is 3.94. The lowest BCUT2D eigenvalue weighted by Gasteiger charge is -2.09. The molecule has 2 amide bonds. The summed E-state index contributed by atoms with van der Waals surface area (Å²) in [4.78, 5) is 26.1. The summed E-state index contributed by atoms with van der Waals surface area (Å²) in [5, 5.41) is 14.5. The Morgan fingerprint density at radius 2 is 1.85 bits per heavy atom. The van der Waals surface area contributed by atoms with E-state index in [1.807, 2.05) is 24.3 Å². The van der Waals surface area contributed by atoms with Crippen LogP contribution in [0.2, 0.25) is 0 Å². The van der Waals surface area contributed by atoms with Crippen LogP contribution in [0.3, 0.4) is 0 Å². The zero-order chi connectivity index (χ0) is 23.1. The Bertz CT molecular complexity index is 1540. The van der Waals surface area contributed by atoms with Crippen LogP contribution in [-0.4, -0.2) is 28.8 Å². The molecule has 0 bridgehead atoms. The fourth-order valence-corrected chi connectivity index (χ4v) is 5.03. The second-order valence-electron chi connectivity index (χ2n) is 7.83. The first kappa shape index (κ1) is 20.3. The summed E-state index contributed by atoms with van der Waals surface area (Å²) in [6.45, 7) is 0.370. The minimum absolute atomic E-state index is 0.179. The SMILES string of the molecule is O=C(NCc1ccc2c(c1)OCO2)C(=O)Nc1cc(-c2cc3ccccc3s2)c2[nH]ncc2c1. The predicted octanol–water partition coefficient (Wildman–Crippen LogP) is 4.43. The van der Waals surface area contributed by atoms with Gasteiger partial charge in [0.15, 0.2) is 11.5 Å². The number of H-pyrrole nitrogens is 1. The molecule has 0 spiro atoms. The van der Waals surface area contributed by atoms with Gasteiger partial charge in [0.05, 0.1) is 11.7 Å². The minimum Gasteiger partial charge on any atom is -0.454 e. The van der Waals surface area contributed by atoms with Crippen molar-refractivity contribution in [2.24, 2.45) is 0 Å². The molecule has 0 saturated carbocycles. The smallest absolute Gasteiger partial charge is 0.313 e. The standard InChI is InChI=1S/C25H18N4O4S/c30-24(26-11-14-5-6-19-20(7-14)33-13-32-19)25(31)28-17-8-16-12-27-29-23(16)18(10-17)22-9-15-3-1-2-4-21(15)34-22/h1-10,12H,11,13H2,(H,26,30)(H,27,29)(H,28,31). The van der Waals surface area contributed by atoms with E-state index in [1.165, 1.54) is 4.70 Å².